The maximum absolute atomic E-state index is 12.0. The average Bonchev–Trinajstić information content (AvgIpc) is 2.61. The first-order chi connectivity index (χ1) is 11.3. The van der Waals surface area contributed by atoms with Gasteiger partial charge in [0.25, 0.3) is 5.91 Å². The molecule has 0 bridgehead atoms. The van der Waals surface area contributed by atoms with Gasteiger partial charge >= 0.3 is 0 Å². The third-order valence-corrected chi connectivity index (χ3v) is 3.23. The van der Waals surface area contributed by atoms with Gasteiger partial charge in [0, 0.05) is 12.1 Å². The molecule has 0 aliphatic rings. The monoisotopic (exact) mass is 313 g/mol. The van der Waals surface area contributed by atoms with Crippen molar-refractivity contribution in [3.63, 3.8) is 0 Å². The number of rotatable bonds is 9. The number of benzene rings is 2. The number of hydrogen-bond donors (Lipinski definition) is 1. The highest BCUT2D eigenvalue weighted by Crippen LogP contribution is 2.12. The number of hydrogen-bond acceptors (Lipinski definition) is 3. The van der Waals surface area contributed by atoms with Crippen molar-refractivity contribution in [2.45, 2.75) is 20.0 Å². The van der Waals surface area contributed by atoms with E-state index in [1.54, 1.807) is 12.1 Å². The zero-order chi connectivity index (χ0) is 16.3. The highest BCUT2D eigenvalue weighted by molar-refractivity contribution is 5.94. The van der Waals surface area contributed by atoms with E-state index in [1.807, 2.05) is 42.5 Å². The molecule has 4 heteroatoms. The first kappa shape index (κ1) is 17.0. The van der Waals surface area contributed by atoms with Gasteiger partial charge < -0.3 is 14.8 Å². The maximum Gasteiger partial charge on any atom is 0.251 e. The van der Waals surface area contributed by atoms with Crippen LogP contribution in [-0.4, -0.2) is 25.7 Å². The molecule has 0 radical (unpaired) electrons. The molecule has 4 nitrogen and oxygen atoms in total. The fraction of sp³-hybridized carbons (Fsp3) is 0.316. The summed E-state index contributed by atoms with van der Waals surface area (Å²) in [5.41, 5.74) is 1.75. The Hall–Kier alpha value is -2.33. The van der Waals surface area contributed by atoms with Crippen LogP contribution in [0.3, 0.4) is 0 Å². The van der Waals surface area contributed by atoms with Gasteiger partial charge in [0.05, 0.1) is 19.8 Å². The lowest BCUT2D eigenvalue weighted by Crippen LogP contribution is -2.27. The van der Waals surface area contributed by atoms with Gasteiger partial charge in [-0.2, -0.15) is 0 Å². The van der Waals surface area contributed by atoms with Crippen LogP contribution in [0.15, 0.2) is 54.6 Å². The van der Waals surface area contributed by atoms with Crippen LogP contribution in [-0.2, 0) is 11.3 Å². The predicted molar refractivity (Wildman–Crippen MR) is 90.7 cm³/mol. The van der Waals surface area contributed by atoms with Crippen LogP contribution in [0.1, 0.15) is 29.3 Å². The molecule has 0 saturated carbocycles. The molecule has 0 aliphatic carbocycles. The Balaban J connectivity index is 1.66. The third kappa shape index (κ3) is 6.12. The van der Waals surface area contributed by atoms with E-state index in [0.29, 0.717) is 31.9 Å². The van der Waals surface area contributed by atoms with Gasteiger partial charge in [0.2, 0.25) is 0 Å². The van der Waals surface area contributed by atoms with Crippen LogP contribution < -0.4 is 10.1 Å². The lowest BCUT2D eigenvalue weighted by molar-refractivity contribution is 0.0901. The van der Waals surface area contributed by atoms with Crippen molar-refractivity contribution in [1.82, 2.24) is 5.32 Å². The second-order valence-electron chi connectivity index (χ2n) is 5.17. The van der Waals surface area contributed by atoms with E-state index in [1.165, 1.54) is 0 Å². The molecule has 0 spiro atoms. The smallest absolute Gasteiger partial charge is 0.251 e. The number of ether oxygens (including phenoxy) is 2. The van der Waals surface area contributed by atoms with Gasteiger partial charge in [-0.1, -0.05) is 37.3 Å². The molecule has 2 aromatic rings. The summed E-state index contributed by atoms with van der Waals surface area (Å²) in [4.78, 5) is 12.0. The van der Waals surface area contributed by atoms with Crippen molar-refractivity contribution in [2.75, 3.05) is 19.8 Å². The van der Waals surface area contributed by atoms with Crippen molar-refractivity contribution in [1.29, 1.82) is 0 Å². The molecule has 0 heterocycles. The summed E-state index contributed by atoms with van der Waals surface area (Å²) in [6.07, 6.45) is 0.964. The number of amides is 1. The summed E-state index contributed by atoms with van der Waals surface area (Å²) in [6, 6.07) is 17.1. The van der Waals surface area contributed by atoms with Gasteiger partial charge in [-0.05, 0) is 36.2 Å². The Kier molecular flexibility index (Phi) is 7.14. The normalized spacial score (nSPS) is 10.3. The molecule has 0 unspecified atom stereocenters. The van der Waals surface area contributed by atoms with Gasteiger partial charge in [-0.3, -0.25) is 4.79 Å². The summed E-state index contributed by atoms with van der Waals surface area (Å²) < 4.78 is 11.0. The summed E-state index contributed by atoms with van der Waals surface area (Å²) in [5, 5.41) is 2.84. The average molecular weight is 313 g/mol. The van der Waals surface area contributed by atoms with E-state index >= 15 is 0 Å². The number of carbonyl (C=O) groups is 1. The second kappa shape index (κ2) is 9.64. The summed E-state index contributed by atoms with van der Waals surface area (Å²) >= 11 is 0. The van der Waals surface area contributed by atoms with Crippen LogP contribution in [0.2, 0.25) is 0 Å². The minimum absolute atomic E-state index is 0.102. The van der Waals surface area contributed by atoms with E-state index in [9.17, 15) is 4.79 Å². The minimum atomic E-state index is -0.102. The molecule has 122 valence electrons. The molecule has 23 heavy (non-hydrogen) atoms. The Morgan fingerprint density at radius 2 is 1.74 bits per heavy atom. The van der Waals surface area contributed by atoms with Crippen molar-refractivity contribution in [2.24, 2.45) is 0 Å². The zero-order valence-electron chi connectivity index (χ0n) is 13.5. The van der Waals surface area contributed by atoms with Crippen LogP contribution in [0.5, 0.6) is 5.75 Å². The quantitative estimate of drug-likeness (QED) is 0.722. The molecule has 1 N–H and O–H groups in total. The molecule has 1 amide bonds. The predicted octanol–water partition coefficient (Wildman–Crippen LogP) is 3.42. The van der Waals surface area contributed by atoms with Crippen LogP contribution in [0.25, 0.3) is 0 Å². The minimum Gasteiger partial charge on any atom is -0.494 e. The van der Waals surface area contributed by atoms with Gasteiger partial charge in [0.15, 0.2) is 0 Å². The Bertz CT molecular complexity index is 581. The standard InChI is InChI=1S/C19H23NO3/c1-2-13-23-18-10-8-17(9-11-18)19(21)20-12-14-22-15-16-6-4-3-5-7-16/h3-11H,2,12-15H2,1H3,(H,20,21). The lowest BCUT2D eigenvalue weighted by atomic mass is 10.2. The van der Waals surface area contributed by atoms with Gasteiger partial charge in [-0.25, -0.2) is 0 Å². The zero-order valence-corrected chi connectivity index (χ0v) is 13.5. The largest absolute Gasteiger partial charge is 0.494 e. The molecular formula is C19H23NO3. The number of carbonyl (C=O) groups excluding carboxylic acids is 1. The van der Waals surface area contributed by atoms with E-state index < -0.39 is 0 Å². The highest BCUT2D eigenvalue weighted by atomic mass is 16.5. The summed E-state index contributed by atoms with van der Waals surface area (Å²) in [7, 11) is 0. The van der Waals surface area contributed by atoms with Crippen LogP contribution >= 0.6 is 0 Å². The van der Waals surface area contributed by atoms with Crippen molar-refractivity contribution in [3.8, 4) is 5.75 Å². The first-order valence-corrected chi connectivity index (χ1v) is 7.92. The van der Waals surface area contributed by atoms with E-state index in [0.717, 1.165) is 17.7 Å². The van der Waals surface area contributed by atoms with Crippen molar-refractivity contribution >= 4 is 5.91 Å². The van der Waals surface area contributed by atoms with E-state index in [4.69, 9.17) is 9.47 Å². The van der Waals surface area contributed by atoms with E-state index in [2.05, 4.69) is 12.2 Å². The molecule has 0 aromatic heterocycles. The molecule has 0 fully saturated rings. The Morgan fingerprint density at radius 1 is 1.00 bits per heavy atom. The first-order valence-electron chi connectivity index (χ1n) is 7.92. The summed E-state index contributed by atoms with van der Waals surface area (Å²) in [5.74, 6) is 0.685. The molecule has 0 saturated heterocycles. The van der Waals surface area contributed by atoms with Crippen molar-refractivity contribution < 1.29 is 14.3 Å². The molecule has 2 rings (SSSR count). The van der Waals surface area contributed by atoms with Crippen molar-refractivity contribution in [3.05, 3.63) is 65.7 Å². The molecular weight excluding hydrogens is 290 g/mol. The fourth-order valence-electron chi connectivity index (χ4n) is 2.03. The third-order valence-electron chi connectivity index (χ3n) is 3.23. The van der Waals surface area contributed by atoms with E-state index in [-0.39, 0.29) is 5.91 Å². The van der Waals surface area contributed by atoms with Crippen LogP contribution in [0.4, 0.5) is 0 Å². The molecule has 2 aromatic carbocycles. The Morgan fingerprint density at radius 3 is 2.43 bits per heavy atom. The Labute approximate surface area is 137 Å². The van der Waals surface area contributed by atoms with Crippen LogP contribution in [0, 0.1) is 0 Å². The second-order valence-corrected chi connectivity index (χ2v) is 5.17. The highest BCUT2D eigenvalue weighted by Gasteiger charge is 2.04. The molecule has 0 atom stereocenters. The van der Waals surface area contributed by atoms with Gasteiger partial charge in [-0.15, -0.1) is 0 Å². The fourth-order valence-corrected chi connectivity index (χ4v) is 2.03. The maximum atomic E-state index is 12.0. The summed E-state index contributed by atoms with van der Waals surface area (Å²) in [6.45, 7) is 4.27. The van der Waals surface area contributed by atoms with Gasteiger partial charge in [0.1, 0.15) is 5.75 Å². The number of nitrogens with one attached hydrogen (secondary N) is 1. The molecule has 0 aliphatic heterocycles. The lowest BCUT2D eigenvalue weighted by Gasteiger charge is -2.08. The SMILES string of the molecule is CCCOc1ccc(C(=O)NCCOCc2ccccc2)cc1. The topological polar surface area (TPSA) is 47.6 Å².